The van der Waals surface area contributed by atoms with Crippen molar-refractivity contribution >= 4 is 34.9 Å². The number of hydrogen-bond acceptors (Lipinski definition) is 6. The maximum atomic E-state index is 14.5. The summed E-state index contributed by atoms with van der Waals surface area (Å²) >= 11 is 5.98. The predicted octanol–water partition coefficient (Wildman–Crippen LogP) is 0.507. The zero-order chi connectivity index (χ0) is 26.7. The molecule has 0 fully saturated rings. The van der Waals surface area contributed by atoms with Crippen molar-refractivity contribution in [3.05, 3.63) is 76.8 Å². The van der Waals surface area contributed by atoms with Crippen molar-refractivity contribution in [3.63, 3.8) is 0 Å². The van der Waals surface area contributed by atoms with Crippen LogP contribution in [0.25, 0.3) is 11.3 Å². The molecule has 0 saturated carbocycles. The van der Waals surface area contributed by atoms with Crippen LogP contribution in [0, 0.1) is 13.0 Å². The number of hydrogen-bond donors (Lipinski definition) is 1. The molecule has 0 saturated heterocycles. The van der Waals surface area contributed by atoms with Crippen molar-refractivity contribution in [3.8, 4) is 11.5 Å². The number of fused-ring (bicyclic) bond motifs is 1. The van der Waals surface area contributed by atoms with E-state index >= 15 is 0 Å². The van der Waals surface area contributed by atoms with Crippen LogP contribution in [0.4, 0.5) is 4.39 Å². The second-order valence-corrected chi connectivity index (χ2v) is 8.66. The Kier molecular flexibility index (Phi) is 14.8. The minimum Gasteiger partial charge on any atom is -0.485 e. The molecule has 1 atom stereocenters. The molecule has 9 heteroatoms. The van der Waals surface area contributed by atoms with Crippen molar-refractivity contribution in [2.45, 2.75) is 25.9 Å². The summed E-state index contributed by atoms with van der Waals surface area (Å²) in [7, 11) is 5.56. The molecule has 0 aromatic heterocycles. The Morgan fingerprint density at radius 1 is 1.32 bits per heavy atom. The van der Waals surface area contributed by atoms with Gasteiger partial charge in [0.05, 0.1) is 0 Å². The van der Waals surface area contributed by atoms with Gasteiger partial charge in [0, 0.05) is 30.0 Å². The van der Waals surface area contributed by atoms with E-state index in [2.05, 4.69) is 18.0 Å². The summed E-state index contributed by atoms with van der Waals surface area (Å²) in [5, 5.41) is 1.44. The third kappa shape index (κ3) is 9.91. The maximum Gasteiger partial charge on any atom is 1.00 e. The molecule has 0 amide bonds. The number of ether oxygens (including phenoxy) is 2. The van der Waals surface area contributed by atoms with Gasteiger partial charge in [0.15, 0.2) is 23.4 Å². The van der Waals surface area contributed by atoms with Gasteiger partial charge in [-0.05, 0) is 44.3 Å². The van der Waals surface area contributed by atoms with E-state index in [4.69, 9.17) is 26.8 Å². The normalized spacial score (nSPS) is 16.4. The van der Waals surface area contributed by atoms with Gasteiger partial charge < -0.3 is 27.0 Å². The number of ketones is 1. The SMILES string of the molecule is CCC/C=C(F)\C(C=NC)=c1\c[c-]/c(=C(\N)C(=O)C2COc3ccc(Cl)cc3O2)cc1.[CH2-]CN(C)C.[Na+]. The molecule has 0 bridgehead atoms. The molecule has 1 unspecified atom stereocenters. The number of rotatable bonds is 7. The predicted molar refractivity (Wildman–Crippen MR) is 144 cm³/mol. The first-order valence-electron chi connectivity index (χ1n) is 11.6. The fourth-order valence-corrected chi connectivity index (χ4v) is 3.19. The van der Waals surface area contributed by atoms with Crippen LogP contribution in [-0.4, -0.2) is 57.3 Å². The fourth-order valence-electron chi connectivity index (χ4n) is 3.03. The van der Waals surface area contributed by atoms with Crippen LogP contribution < -0.4 is 55.2 Å². The summed E-state index contributed by atoms with van der Waals surface area (Å²) in [6, 6.07) is 12.8. The number of aliphatic imine (C=N–C) groups is 1. The van der Waals surface area contributed by atoms with E-state index in [1.54, 1.807) is 43.4 Å². The molecular formula is C28H33ClFN3NaO3-. The largest absolute Gasteiger partial charge is 1.00 e. The monoisotopic (exact) mass is 536 g/mol. The molecule has 0 spiro atoms. The fraction of sp³-hybridized carbons (Fsp3) is 0.321. The smallest absolute Gasteiger partial charge is 0.485 e. The number of benzene rings is 2. The third-order valence-electron chi connectivity index (χ3n) is 5.11. The molecule has 2 N–H and O–H groups in total. The van der Waals surface area contributed by atoms with Crippen LogP contribution in [0.5, 0.6) is 11.5 Å². The standard InChI is InChI=1S/C24H23ClFN2O3.C4H10N.Na/c1-3-4-5-19(26)18(13-28-2)15-6-8-16(9-7-15)23(27)24(29)22-14-30-20-11-10-17(25)12-21(20)31-22;1-4-5(2)3;/h5-8,10-13,22H,3-4,14,27H2,1-2H3;1,4H2,2-3H3;/q2*-1;+1/b18-15+,19-5+,23-16-,28-13?;;. The van der Waals surface area contributed by atoms with E-state index in [-0.39, 0.29) is 47.7 Å². The van der Waals surface area contributed by atoms with Gasteiger partial charge in [0.1, 0.15) is 12.4 Å². The van der Waals surface area contributed by atoms with Gasteiger partial charge in [-0.25, -0.2) is 4.39 Å². The quantitative estimate of drug-likeness (QED) is 0.317. The summed E-state index contributed by atoms with van der Waals surface area (Å²) in [5.41, 5.74) is 6.42. The van der Waals surface area contributed by atoms with E-state index in [0.29, 0.717) is 39.0 Å². The summed E-state index contributed by atoms with van der Waals surface area (Å²) in [6.07, 6.45) is 3.55. The van der Waals surface area contributed by atoms with Crippen LogP contribution in [-0.2, 0) is 4.79 Å². The number of carbonyl (C=O) groups is 1. The molecular weight excluding hydrogens is 504 g/mol. The number of unbranched alkanes of at least 4 members (excludes halogenated alkanes) is 1. The third-order valence-corrected chi connectivity index (χ3v) is 5.35. The van der Waals surface area contributed by atoms with Crippen LogP contribution in [0.2, 0.25) is 5.02 Å². The average Bonchev–Trinajstić information content (AvgIpc) is 2.89. The molecule has 6 nitrogen and oxygen atoms in total. The molecule has 2 aromatic rings. The molecule has 1 aliphatic rings. The van der Waals surface area contributed by atoms with Gasteiger partial charge in [-0.15, -0.1) is 36.0 Å². The molecule has 1 aliphatic heterocycles. The Labute approximate surface area is 246 Å². The number of Topliss-reactive ketones (excluding diaryl/α,β-unsaturated/α-hetero) is 1. The molecule has 37 heavy (non-hydrogen) atoms. The Hall–Kier alpha value is -2.16. The second-order valence-electron chi connectivity index (χ2n) is 8.22. The Balaban J connectivity index is 0.00000104. The molecule has 194 valence electrons. The van der Waals surface area contributed by atoms with Gasteiger partial charge in [-0.2, -0.15) is 0 Å². The Morgan fingerprint density at radius 3 is 2.59 bits per heavy atom. The minimum atomic E-state index is -0.900. The number of allylic oxidation sites excluding steroid dienone is 2. The van der Waals surface area contributed by atoms with E-state index in [1.165, 1.54) is 12.3 Å². The summed E-state index contributed by atoms with van der Waals surface area (Å²) in [4.78, 5) is 18.8. The van der Waals surface area contributed by atoms with E-state index in [1.807, 2.05) is 25.9 Å². The van der Waals surface area contributed by atoms with Crippen molar-refractivity contribution in [2.24, 2.45) is 10.7 Å². The van der Waals surface area contributed by atoms with Crippen LogP contribution in [0.1, 0.15) is 19.8 Å². The molecule has 0 radical (unpaired) electrons. The number of halogens is 2. The first kappa shape index (κ1) is 32.9. The second kappa shape index (κ2) is 16.6. The summed E-state index contributed by atoms with van der Waals surface area (Å²) in [6.45, 7) is 6.51. The first-order chi connectivity index (χ1) is 17.2. The number of nitrogens with zero attached hydrogens (tertiary/aromatic N) is 2. The van der Waals surface area contributed by atoms with Gasteiger partial charge in [-0.3, -0.25) is 9.79 Å². The van der Waals surface area contributed by atoms with Crippen LogP contribution in [0.15, 0.2) is 53.3 Å². The van der Waals surface area contributed by atoms with Crippen LogP contribution in [0.3, 0.4) is 0 Å². The number of carbonyl (C=O) groups excluding carboxylic acids is 1. The van der Waals surface area contributed by atoms with Crippen molar-refractivity contribution in [2.75, 3.05) is 34.3 Å². The Bertz CT molecular complexity index is 1210. The van der Waals surface area contributed by atoms with Crippen LogP contribution >= 0.6 is 11.6 Å². The van der Waals surface area contributed by atoms with Crippen molar-refractivity contribution < 1.29 is 48.2 Å². The Morgan fingerprint density at radius 2 is 2.03 bits per heavy atom. The van der Waals surface area contributed by atoms with Gasteiger partial charge in [0.2, 0.25) is 0 Å². The first-order valence-corrected chi connectivity index (χ1v) is 12.0. The van der Waals surface area contributed by atoms with Crippen molar-refractivity contribution in [1.82, 2.24) is 4.90 Å². The van der Waals surface area contributed by atoms with E-state index < -0.39 is 11.9 Å². The molecule has 1 heterocycles. The zero-order valence-electron chi connectivity index (χ0n) is 22.2. The van der Waals surface area contributed by atoms with Gasteiger partial charge in [-0.1, -0.05) is 30.2 Å². The van der Waals surface area contributed by atoms with E-state index in [9.17, 15) is 9.18 Å². The summed E-state index contributed by atoms with van der Waals surface area (Å²) < 4.78 is 25.8. The van der Waals surface area contributed by atoms with Crippen molar-refractivity contribution in [1.29, 1.82) is 0 Å². The molecule has 0 aliphatic carbocycles. The van der Waals surface area contributed by atoms with Gasteiger partial charge >= 0.3 is 29.6 Å². The maximum absolute atomic E-state index is 14.5. The number of nitrogens with two attached hydrogens (primary N) is 1. The topological polar surface area (TPSA) is 77.1 Å². The minimum absolute atomic E-state index is 0. The average molecular weight is 537 g/mol. The zero-order valence-corrected chi connectivity index (χ0v) is 24.9. The molecule has 2 aromatic carbocycles. The van der Waals surface area contributed by atoms with Gasteiger partial charge in [0.25, 0.3) is 0 Å². The van der Waals surface area contributed by atoms with E-state index in [0.717, 1.165) is 13.0 Å². The molecule has 3 rings (SSSR count). The summed E-state index contributed by atoms with van der Waals surface area (Å²) in [5.74, 6) is 0.119.